The van der Waals surface area contributed by atoms with Crippen LogP contribution in [0.25, 0.3) is 0 Å². The first-order valence-corrected chi connectivity index (χ1v) is 6.51. The molecule has 2 aliphatic heterocycles. The van der Waals surface area contributed by atoms with E-state index in [-0.39, 0.29) is 11.5 Å². The molecule has 2 saturated heterocycles. The summed E-state index contributed by atoms with van der Waals surface area (Å²) in [7, 11) is 0. The van der Waals surface area contributed by atoms with Crippen LogP contribution in [0.15, 0.2) is 0 Å². The molecule has 3 nitrogen and oxygen atoms in total. The van der Waals surface area contributed by atoms with Crippen LogP contribution >= 0.6 is 0 Å². The lowest BCUT2D eigenvalue weighted by atomic mass is 9.87. The Morgan fingerprint density at radius 2 is 1.81 bits per heavy atom. The number of hydrogen-bond acceptors (Lipinski definition) is 3. The molecule has 0 aromatic carbocycles. The van der Waals surface area contributed by atoms with E-state index in [1.54, 1.807) is 0 Å². The van der Waals surface area contributed by atoms with Crippen LogP contribution in [-0.4, -0.2) is 48.0 Å². The molecule has 0 spiro atoms. The highest BCUT2D eigenvalue weighted by atomic mass is 16.5. The molecule has 0 aliphatic carbocycles. The summed E-state index contributed by atoms with van der Waals surface area (Å²) in [6.45, 7) is 9.43. The van der Waals surface area contributed by atoms with Gasteiger partial charge in [-0.1, -0.05) is 20.8 Å². The molecule has 2 aliphatic rings. The van der Waals surface area contributed by atoms with Gasteiger partial charge in [0.25, 0.3) is 0 Å². The number of hydrogen-bond donors (Lipinski definition) is 1. The lowest BCUT2D eigenvalue weighted by molar-refractivity contribution is -0.0451. The van der Waals surface area contributed by atoms with Gasteiger partial charge in [0, 0.05) is 19.6 Å². The second kappa shape index (κ2) is 4.63. The lowest BCUT2D eigenvalue weighted by Gasteiger charge is -2.34. The number of aliphatic hydroxyl groups is 1. The molecule has 2 rings (SSSR count). The second-order valence-electron chi connectivity index (χ2n) is 6.39. The molecule has 2 heterocycles. The van der Waals surface area contributed by atoms with Gasteiger partial charge in [0.1, 0.15) is 0 Å². The average molecular weight is 227 g/mol. The minimum absolute atomic E-state index is 0.00523. The summed E-state index contributed by atoms with van der Waals surface area (Å²) in [5.41, 5.74) is 0.00523. The summed E-state index contributed by atoms with van der Waals surface area (Å²) >= 11 is 0. The molecule has 3 unspecified atom stereocenters. The first-order valence-electron chi connectivity index (χ1n) is 6.51. The third-order valence-corrected chi connectivity index (χ3v) is 3.84. The van der Waals surface area contributed by atoms with Crippen LogP contribution in [0.1, 0.15) is 40.0 Å². The van der Waals surface area contributed by atoms with Crippen LogP contribution in [0.2, 0.25) is 0 Å². The van der Waals surface area contributed by atoms with E-state index in [2.05, 4.69) is 25.7 Å². The van der Waals surface area contributed by atoms with Crippen molar-refractivity contribution >= 4 is 0 Å². The number of fused-ring (bicyclic) bond motifs is 2. The maximum Gasteiger partial charge on any atom is 0.0707 e. The minimum atomic E-state index is -0.201. The summed E-state index contributed by atoms with van der Waals surface area (Å²) in [5, 5.41) is 10.0. The van der Waals surface area contributed by atoms with E-state index in [1.807, 2.05) is 0 Å². The number of aliphatic hydroxyl groups excluding tert-OH is 1. The van der Waals surface area contributed by atoms with Gasteiger partial charge in [0.05, 0.1) is 18.3 Å². The number of nitrogens with zero attached hydrogens (tertiary/aromatic N) is 1. The molecule has 0 aromatic heterocycles. The summed E-state index contributed by atoms with van der Waals surface area (Å²) in [6.07, 6.45) is 4.05. The van der Waals surface area contributed by atoms with E-state index in [1.165, 1.54) is 12.8 Å². The van der Waals surface area contributed by atoms with E-state index in [0.29, 0.717) is 12.2 Å². The molecule has 3 heteroatoms. The van der Waals surface area contributed by atoms with Crippen molar-refractivity contribution in [2.75, 3.05) is 19.6 Å². The van der Waals surface area contributed by atoms with E-state index in [9.17, 15) is 5.11 Å². The molecule has 1 N–H and O–H groups in total. The molecule has 2 fully saturated rings. The quantitative estimate of drug-likeness (QED) is 0.795. The van der Waals surface area contributed by atoms with Crippen molar-refractivity contribution in [1.29, 1.82) is 0 Å². The highest BCUT2D eigenvalue weighted by molar-refractivity contribution is 4.85. The molecular formula is C13H25NO2. The molecular weight excluding hydrogens is 202 g/mol. The van der Waals surface area contributed by atoms with Gasteiger partial charge in [-0.25, -0.2) is 0 Å². The van der Waals surface area contributed by atoms with E-state index < -0.39 is 0 Å². The first kappa shape index (κ1) is 12.3. The van der Waals surface area contributed by atoms with E-state index in [4.69, 9.17) is 4.74 Å². The van der Waals surface area contributed by atoms with Gasteiger partial charge in [0.15, 0.2) is 0 Å². The van der Waals surface area contributed by atoms with E-state index in [0.717, 1.165) is 26.1 Å². The Labute approximate surface area is 98.8 Å². The van der Waals surface area contributed by atoms with Gasteiger partial charge < -0.3 is 9.84 Å². The Morgan fingerprint density at radius 3 is 2.31 bits per heavy atom. The predicted molar refractivity (Wildman–Crippen MR) is 64.4 cm³/mol. The fraction of sp³-hybridized carbons (Fsp3) is 1.00. The summed E-state index contributed by atoms with van der Waals surface area (Å²) in [6, 6.07) is 0. The Bertz CT molecular complexity index is 225. The third kappa shape index (κ3) is 2.96. The van der Waals surface area contributed by atoms with Crippen LogP contribution in [0.4, 0.5) is 0 Å². The summed E-state index contributed by atoms with van der Waals surface area (Å²) in [4.78, 5) is 2.46. The van der Waals surface area contributed by atoms with Crippen LogP contribution in [0, 0.1) is 5.41 Å². The van der Waals surface area contributed by atoms with Gasteiger partial charge in [-0.3, -0.25) is 4.90 Å². The smallest absolute Gasteiger partial charge is 0.0707 e. The van der Waals surface area contributed by atoms with Crippen molar-refractivity contribution in [3.63, 3.8) is 0 Å². The van der Waals surface area contributed by atoms with Gasteiger partial charge in [0.2, 0.25) is 0 Å². The van der Waals surface area contributed by atoms with Crippen LogP contribution in [0.5, 0.6) is 0 Å². The molecule has 2 bridgehead atoms. The van der Waals surface area contributed by atoms with Crippen LogP contribution in [-0.2, 0) is 4.74 Å². The highest BCUT2D eigenvalue weighted by Crippen LogP contribution is 2.27. The monoisotopic (exact) mass is 227 g/mol. The molecule has 0 radical (unpaired) electrons. The molecule has 0 amide bonds. The number of likely N-dealkylation sites (tertiary alicyclic amines) is 1. The van der Waals surface area contributed by atoms with Crippen molar-refractivity contribution < 1.29 is 9.84 Å². The Kier molecular flexibility index (Phi) is 3.57. The van der Waals surface area contributed by atoms with Crippen molar-refractivity contribution in [2.24, 2.45) is 5.41 Å². The van der Waals surface area contributed by atoms with Crippen molar-refractivity contribution in [1.82, 2.24) is 4.90 Å². The maximum absolute atomic E-state index is 10.0. The van der Waals surface area contributed by atoms with Crippen LogP contribution in [0.3, 0.4) is 0 Å². The normalized spacial score (nSPS) is 33.0. The average Bonchev–Trinajstić information content (AvgIpc) is 2.53. The second-order valence-corrected chi connectivity index (χ2v) is 6.39. The first-order chi connectivity index (χ1) is 7.45. The molecule has 0 aromatic rings. The van der Waals surface area contributed by atoms with Crippen molar-refractivity contribution in [3.8, 4) is 0 Å². The standard InChI is InChI=1S/C13H25NO2/c1-13(2,3)12(15)6-7-14-8-10-4-5-11(9-14)16-10/h10-12,15H,4-9H2,1-3H3. The van der Waals surface area contributed by atoms with Crippen molar-refractivity contribution in [2.45, 2.75) is 58.3 Å². The number of rotatable bonds is 3. The van der Waals surface area contributed by atoms with Gasteiger partial charge in [-0.05, 0) is 24.7 Å². The molecule has 0 saturated carbocycles. The Hall–Kier alpha value is -0.120. The minimum Gasteiger partial charge on any atom is -0.393 e. The highest BCUT2D eigenvalue weighted by Gasteiger charge is 2.34. The van der Waals surface area contributed by atoms with Gasteiger partial charge >= 0.3 is 0 Å². The molecule has 16 heavy (non-hydrogen) atoms. The fourth-order valence-corrected chi connectivity index (χ4v) is 2.62. The third-order valence-electron chi connectivity index (χ3n) is 3.84. The summed E-state index contributed by atoms with van der Waals surface area (Å²) < 4.78 is 5.80. The predicted octanol–water partition coefficient (Wildman–Crippen LogP) is 1.65. The van der Waals surface area contributed by atoms with Gasteiger partial charge in [-0.15, -0.1) is 0 Å². The Balaban J connectivity index is 1.74. The van der Waals surface area contributed by atoms with Crippen LogP contribution < -0.4 is 0 Å². The number of morpholine rings is 1. The SMILES string of the molecule is CC(C)(C)C(O)CCN1CC2CCC(C1)O2. The van der Waals surface area contributed by atoms with Crippen molar-refractivity contribution in [3.05, 3.63) is 0 Å². The fourth-order valence-electron chi connectivity index (χ4n) is 2.62. The zero-order chi connectivity index (χ0) is 11.8. The zero-order valence-electron chi connectivity index (χ0n) is 10.8. The zero-order valence-corrected chi connectivity index (χ0v) is 10.8. The maximum atomic E-state index is 10.0. The largest absolute Gasteiger partial charge is 0.393 e. The Morgan fingerprint density at radius 1 is 1.25 bits per heavy atom. The molecule has 94 valence electrons. The molecule has 3 atom stereocenters. The van der Waals surface area contributed by atoms with Gasteiger partial charge in [-0.2, -0.15) is 0 Å². The summed E-state index contributed by atoms with van der Waals surface area (Å²) in [5.74, 6) is 0. The van der Waals surface area contributed by atoms with E-state index >= 15 is 0 Å². The lowest BCUT2D eigenvalue weighted by Crippen LogP contribution is -2.44. The number of ether oxygens (including phenoxy) is 1. The topological polar surface area (TPSA) is 32.7 Å².